The maximum Gasteiger partial charge on any atom is 0.296 e. The summed E-state index contributed by atoms with van der Waals surface area (Å²) < 4.78 is 5.95. The van der Waals surface area contributed by atoms with E-state index < -0.39 is 5.60 Å². The van der Waals surface area contributed by atoms with E-state index in [0.29, 0.717) is 18.3 Å². The van der Waals surface area contributed by atoms with Gasteiger partial charge in [-0.3, -0.25) is 9.89 Å². The molecule has 8 nitrogen and oxygen atoms in total. The molecule has 3 N–H and O–H groups in total. The maximum atomic E-state index is 12.7. The van der Waals surface area contributed by atoms with Crippen molar-refractivity contribution < 1.29 is 14.6 Å². The SMILES string of the molecule is Cc1ccc(OCCCCC(C)(C)O)cc1-c1ccnc(NC(=O)c2n[nH]c(CC3CCCC3)n2)c1. The third-order valence-corrected chi connectivity index (χ3v) is 6.66. The van der Waals surface area contributed by atoms with E-state index in [1.165, 1.54) is 25.7 Å². The highest BCUT2D eigenvalue weighted by Crippen LogP contribution is 2.29. The van der Waals surface area contributed by atoms with Crippen molar-refractivity contribution in [3.05, 3.63) is 53.7 Å². The monoisotopic (exact) mass is 491 g/mol. The number of carbonyl (C=O) groups excluding carboxylic acids is 1. The number of carbonyl (C=O) groups is 1. The lowest BCUT2D eigenvalue weighted by Crippen LogP contribution is -2.18. The van der Waals surface area contributed by atoms with Crippen LogP contribution in [0.4, 0.5) is 5.82 Å². The largest absolute Gasteiger partial charge is 0.494 e. The van der Waals surface area contributed by atoms with Crippen molar-refractivity contribution in [3.8, 4) is 16.9 Å². The van der Waals surface area contributed by atoms with E-state index in [1.54, 1.807) is 6.20 Å². The van der Waals surface area contributed by atoms with E-state index >= 15 is 0 Å². The van der Waals surface area contributed by atoms with Gasteiger partial charge in [0.15, 0.2) is 0 Å². The van der Waals surface area contributed by atoms with Crippen LogP contribution in [0.2, 0.25) is 0 Å². The first-order valence-corrected chi connectivity index (χ1v) is 12.9. The average molecular weight is 492 g/mol. The fourth-order valence-electron chi connectivity index (χ4n) is 4.67. The Hall–Kier alpha value is -3.26. The van der Waals surface area contributed by atoms with E-state index in [4.69, 9.17) is 4.74 Å². The number of rotatable bonds is 11. The Morgan fingerprint density at radius 2 is 2.00 bits per heavy atom. The molecular formula is C28H37N5O3. The molecule has 3 aromatic rings. The molecule has 4 rings (SSSR count). The van der Waals surface area contributed by atoms with Crippen LogP contribution in [0.25, 0.3) is 11.1 Å². The first-order valence-electron chi connectivity index (χ1n) is 12.9. The Bertz CT molecular complexity index is 1160. The number of nitrogens with zero attached hydrogens (tertiary/aromatic N) is 3. The van der Waals surface area contributed by atoms with Gasteiger partial charge in [-0.1, -0.05) is 31.7 Å². The van der Waals surface area contributed by atoms with Gasteiger partial charge in [0.05, 0.1) is 12.2 Å². The lowest BCUT2D eigenvalue weighted by atomic mass is 10.0. The van der Waals surface area contributed by atoms with Crippen LogP contribution in [0.5, 0.6) is 5.75 Å². The minimum absolute atomic E-state index is 0.131. The average Bonchev–Trinajstić information content (AvgIpc) is 3.52. The highest BCUT2D eigenvalue weighted by Gasteiger charge is 2.19. The summed E-state index contributed by atoms with van der Waals surface area (Å²) >= 11 is 0. The fourth-order valence-corrected chi connectivity index (χ4v) is 4.67. The first-order chi connectivity index (χ1) is 17.3. The predicted molar refractivity (Wildman–Crippen MR) is 140 cm³/mol. The number of aliphatic hydroxyl groups is 1. The molecule has 1 fully saturated rings. The molecule has 8 heteroatoms. The smallest absolute Gasteiger partial charge is 0.296 e. The zero-order chi connectivity index (χ0) is 25.5. The molecule has 0 aliphatic heterocycles. The molecule has 192 valence electrons. The summed E-state index contributed by atoms with van der Waals surface area (Å²) in [5.74, 6) is 2.37. The van der Waals surface area contributed by atoms with Crippen molar-refractivity contribution in [3.63, 3.8) is 0 Å². The second kappa shape index (κ2) is 11.6. The predicted octanol–water partition coefficient (Wildman–Crippen LogP) is 5.48. The van der Waals surface area contributed by atoms with Crippen LogP contribution in [-0.4, -0.2) is 43.4 Å². The van der Waals surface area contributed by atoms with Gasteiger partial charge in [0.1, 0.15) is 17.4 Å². The number of nitrogens with one attached hydrogen (secondary N) is 2. The van der Waals surface area contributed by atoms with Crippen LogP contribution in [0.15, 0.2) is 36.5 Å². The Morgan fingerprint density at radius 1 is 1.19 bits per heavy atom. The highest BCUT2D eigenvalue weighted by atomic mass is 16.5. The second-order valence-electron chi connectivity index (χ2n) is 10.4. The topological polar surface area (TPSA) is 113 Å². The number of hydrogen-bond donors (Lipinski definition) is 3. The van der Waals surface area contributed by atoms with Gasteiger partial charge in [-0.05, 0) is 86.9 Å². The van der Waals surface area contributed by atoms with Crippen LogP contribution in [0.1, 0.15) is 80.8 Å². The van der Waals surface area contributed by atoms with Gasteiger partial charge >= 0.3 is 0 Å². The van der Waals surface area contributed by atoms with Gasteiger partial charge in [0, 0.05) is 12.6 Å². The number of ether oxygens (including phenoxy) is 1. The minimum atomic E-state index is -0.642. The molecule has 0 spiro atoms. The Morgan fingerprint density at radius 3 is 2.78 bits per heavy atom. The van der Waals surface area contributed by atoms with Gasteiger partial charge in [-0.2, -0.15) is 0 Å². The van der Waals surface area contributed by atoms with Gasteiger partial charge in [0.25, 0.3) is 5.91 Å². The summed E-state index contributed by atoms with van der Waals surface area (Å²) in [7, 11) is 0. The molecule has 0 atom stereocenters. The molecule has 1 aliphatic carbocycles. The summed E-state index contributed by atoms with van der Waals surface area (Å²) in [5, 5.41) is 19.7. The van der Waals surface area contributed by atoms with E-state index in [1.807, 2.05) is 51.1 Å². The molecule has 1 amide bonds. The van der Waals surface area contributed by atoms with E-state index in [9.17, 15) is 9.90 Å². The van der Waals surface area contributed by atoms with Crippen molar-refractivity contribution >= 4 is 11.7 Å². The number of pyridine rings is 1. The van der Waals surface area contributed by atoms with Crippen molar-refractivity contribution in [2.24, 2.45) is 5.92 Å². The summed E-state index contributed by atoms with van der Waals surface area (Å²) in [5.41, 5.74) is 2.40. The van der Waals surface area contributed by atoms with Crippen molar-refractivity contribution in [2.45, 2.75) is 77.7 Å². The first kappa shape index (κ1) is 25.8. The molecule has 2 aromatic heterocycles. The van der Waals surface area contributed by atoms with Crippen molar-refractivity contribution in [1.29, 1.82) is 0 Å². The number of hydrogen-bond acceptors (Lipinski definition) is 6. The van der Waals surface area contributed by atoms with Crippen LogP contribution in [0.3, 0.4) is 0 Å². The molecule has 0 bridgehead atoms. The number of aromatic amines is 1. The molecule has 1 saturated carbocycles. The summed E-state index contributed by atoms with van der Waals surface area (Å²) in [4.78, 5) is 21.4. The third-order valence-electron chi connectivity index (χ3n) is 6.66. The number of unbranched alkanes of at least 4 members (excludes halogenated alkanes) is 1. The van der Waals surface area contributed by atoms with Crippen molar-refractivity contribution in [1.82, 2.24) is 20.2 Å². The zero-order valence-electron chi connectivity index (χ0n) is 21.5. The van der Waals surface area contributed by atoms with Crippen LogP contribution < -0.4 is 10.1 Å². The fraction of sp³-hybridized carbons (Fsp3) is 0.500. The van der Waals surface area contributed by atoms with Gasteiger partial charge in [-0.25, -0.2) is 9.97 Å². The van der Waals surface area contributed by atoms with Gasteiger partial charge in [0.2, 0.25) is 5.82 Å². The minimum Gasteiger partial charge on any atom is -0.494 e. The van der Waals surface area contributed by atoms with E-state index in [-0.39, 0.29) is 11.7 Å². The molecule has 0 saturated heterocycles. The van der Waals surface area contributed by atoms with Crippen LogP contribution in [-0.2, 0) is 6.42 Å². The molecule has 1 aliphatic rings. The molecule has 0 radical (unpaired) electrons. The highest BCUT2D eigenvalue weighted by molar-refractivity contribution is 6.01. The van der Waals surface area contributed by atoms with Crippen molar-refractivity contribution in [2.75, 3.05) is 11.9 Å². The number of benzene rings is 1. The lowest BCUT2D eigenvalue weighted by Gasteiger charge is -2.16. The third kappa shape index (κ3) is 7.37. The number of amides is 1. The molecule has 0 unspecified atom stereocenters. The van der Waals surface area contributed by atoms with Crippen LogP contribution in [0, 0.1) is 12.8 Å². The zero-order valence-corrected chi connectivity index (χ0v) is 21.5. The number of aromatic nitrogens is 4. The quantitative estimate of drug-likeness (QED) is 0.306. The second-order valence-corrected chi connectivity index (χ2v) is 10.4. The number of anilines is 1. The Balaban J connectivity index is 1.37. The summed E-state index contributed by atoms with van der Waals surface area (Å²) in [6.07, 6.45) is 10.0. The molecule has 1 aromatic carbocycles. The summed E-state index contributed by atoms with van der Waals surface area (Å²) in [6.45, 7) is 6.28. The van der Waals surface area contributed by atoms with Gasteiger partial charge < -0.3 is 15.2 Å². The van der Waals surface area contributed by atoms with E-state index in [2.05, 4.69) is 25.5 Å². The molecule has 36 heavy (non-hydrogen) atoms. The Kier molecular flexibility index (Phi) is 8.36. The normalized spacial score (nSPS) is 14.2. The molecular weight excluding hydrogens is 454 g/mol. The van der Waals surface area contributed by atoms with E-state index in [0.717, 1.165) is 53.9 Å². The lowest BCUT2D eigenvalue weighted by molar-refractivity contribution is 0.0670. The van der Waals surface area contributed by atoms with Gasteiger partial charge in [-0.15, -0.1) is 5.10 Å². The standard InChI is InChI=1S/C28H37N5O3/c1-19-10-11-22(36-15-7-6-13-28(2,3)35)18-23(19)21-12-14-29-24(17-21)31-27(34)26-30-25(32-33-26)16-20-8-4-5-9-20/h10-12,14,17-18,20,35H,4-9,13,15-16H2,1-3H3,(H,29,31,34)(H,30,32,33). The maximum absolute atomic E-state index is 12.7. The molecule has 2 heterocycles. The number of aryl methyl sites for hydroxylation is 1. The Labute approximate surface area is 212 Å². The summed E-state index contributed by atoms with van der Waals surface area (Å²) in [6, 6.07) is 9.76. The number of H-pyrrole nitrogens is 1. The van der Waals surface area contributed by atoms with Crippen LogP contribution >= 0.6 is 0 Å².